The van der Waals surface area contributed by atoms with Crippen LogP contribution in [0, 0.1) is 13.8 Å². The molecule has 0 radical (unpaired) electrons. The first-order valence-corrected chi connectivity index (χ1v) is 8.14. The number of hydrogen-bond donors (Lipinski definition) is 2. The topological polar surface area (TPSA) is 75.4 Å². The summed E-state index contributed by atoms with van der Waals surface area (Å²) in [5, 5.41) is 14.2. The van der Waals surface area contributed by atoms with E-state index in [1.54, 1.807) is 32.0 Å². The molecule has 118 valence electrons. The van der Waals surface area contributed by atoms with E-state index in [0.29, 0.717) is 16.9 Å². The Morgan fingerprint density at radius 2 is 2.18 bits per heavy atom. The zero-order valence-corrected chi connectivity index (χ0v) is 14.0. The standard InChI is InChI=1S/C16H20N2O3S/c1-10-7-13(11(2)21-10)16(3,20)9-18-15(19)12-5-6-14(22-4)17-8-12/h5-8,20H,9H2,1-4H3,(H,18,19). The summed E-state index contributed by atoms with van der Waals surface area (Å²) in [7, 11) is 0. The summed E-state index contributed by atoms with van der Waals surface area (Å²) in [6.45, 7) is 5.36. The molecule has 0 saturated heterocycles. The molecule has 0 aliphatic carbocycles. The second-order valence-electron chi connectivity index (χ2n) is 5.37. The third-order valence-electron chi connectivity index (χ3n) is 3.42. The van der Waals surface area contributed by atoms with Crippen molar-refractivity contribution in [3.05, 3.63) is 47.0 Å². The summed E-state index contributed by atoms with van der Waals surface area (Å²) in [6.07, 6.45) is 3.46. The molecule has 1 atom stereocenters. The number of aromatic nitrogens is 1. The second-order valence-corrected chi connectivity index (χ2v) is 6.20. The van der Waals surface area contributed by atoms with Gasteiger partial charge in [0.25, 0.3) is 5.91 Å². The van der Waals surface area contributed by atoms with Crippen molar-refractivity contribution in [2.75, 3.05) is 12.8 Å². The van der Waals surface area contributed by atoms with Crippen LogP contribution in [-0.4, -0.2) is 28.8 Å². The molecular weight excluding hydrogens is 300 g/mol. The minimum Gasteiger partial charge on any atom is -0.466 e. The molecular formula is C16H20N2O3S. The lowest BCUT2D eigenvalue weighted by molar-refractivity contribution is 0.0514. The Morgan fingerprint density at radius 1 is 1.45 bits per heavy atom. The molecule has 6 heteroatoms. The normalized spacial score (nSPS) is 13.7. The highest BCUT2D eigenvalue weighted by molar-refractivity contribution is 7.98. The van der Waals surface area contributed by atoms with Crippen molar-refractivity contribution in [3.63, 3.8) is 0 Å². The fraction of sp³-hybridized carbons (Fsp3) is 0.375. The van der Waals surface area contributed by atoms with Crippen LogP contribution in [-0.2, 0) is 5.60 Å². The Labute approximate surface area is 134 Å². The third-order valence-corrected chi connectivity index (χ3v) is 4.08. The molecule has 2 aromatic heterocycles. The Kier molecular flexibility index (Phi) is 4.93. The van der Waals surface area contributed by atoms with Crippen molar-refractivity contribution in [3.8, 4) is 0 Å². The summed E-state index contributed by atoms with van der Waals surface area (Å²) in [4.78, 5) is 16.3. The zero-order chi connectivity index (χ0) is 16.3. The predicted octanol–water partition coefficient (Wildman–Crippen LogP) is 2.65. The lowest BCUT2D eigenvalue weighted by atomic mass is 9.96. The van der Waals surface area contributed by atoms with E-state index in [2.05, 4.69) is 10.3 Å². The quantitative estimate of drug-likeness (QED) is 0.828. The van der Waals surface area contributed by atoms with Gasteiger partial charge in [-0.3, -0.25) is 4.79 Å². The number of carbonyl (C=O) groups excluding carboxylic acids is 1. The molecule has 2 aromatic rings. The lowest BCUT2D eigenvalue weighted by Crippen LogP contribution is -2.38. The first-order valence-electron chi connectivity index (χ1n) is 6.91. The highest BCUT2D eigenvalue weighted by Gasteiger charge is 2.28. The van der Waals surface area contributed by atoms with E-state index >= 15 is 0 Å². The highest BCUT2D eigenvalue weighted by atomic mass is 32.2. The molecule has 2 rings (SSSR count). The van der Waals surface area contributed by atoms with Crippen molar-refractivity contribution in [1.29, 1.82) is 0 Å². The Bertz CT molecular complexity index is 663. The molecule has 2 N–H and O–H groups in total. The number of hydrogen-bond acceptors (Lipinski definition) is 5. The van der Waals surface area contributed by atoms with Crippen molar-refractivity contribution in [2.45, 2.75) is 31.4 Å². The van der Waals surface area contributed by atoms with Crippen LogP contribution < -0.4 is 5.32 Å². The summed E-state index contributed by atoms with van der Waals surface area (Å²) >= 11 is 1.51. The number of nitrogens with zero attached hydrogens (tertiary/aromatic N) is 1. The average Bonchev–Trinajstić information content (AvgIpc) is 2.84. The van der Waals surface area contributed by atoms with Crippen LogP contribution in [0.4, 0.5) is 0 Å². The van der Waals surface area contributed by atoms with Gasteiger partial charge in [-0.05, 0) is 45.2 Å². The van der Waals surface area contributed by atoms with Gasteiger partial charge in [0.15, 0.2) is 0 Å². The van der Waals surface area contributed by atoms with Crippen molar-refractivity contribution < 1.29 is 14.3 Å². The number of furan rings is 1. The average molecular weight is 320 g/mol. The van der Waals surface area contributed by atoms with Gasteiger partial charge in [-0.25, -0.2) is 4.98 Å². The van der Waals surface area contributed by atoms with Crippen LogP contribution in [0.3, 0.4) is 0 Å². The molecule has 0 bridgehead atoms. The van der Waals surface area contributed by atoms with Crippen LogP contribution in [0.5, 0.6) is 0 Å². The summed E-state index contributed by atoms with van der Waals surface area (Å²) < 4.78 is 5.43. The maximum absolute atomic E-state index is 12.1. The van der Waals surface area contributed by atoms with Gasteiger partial charge in [0, 0.05) is 11.8 Å². The van der Waals surface area contributed by atoms with Gasteiger partial charge in [-0.15, -0.1) is 11.8 Å². The van der Waals surface area contributed by atoms with Crippen LogP contribution in [0.25, 0.3) is 0 Å². The number of nitrogens with one attached hydrogen (secondary N) is 1. The Hall–Kier alpha value is -1.79. The zero-order valence-electron chi connectivity index (χ0n) is 13.1. The molecule has 0 aromatic carbocycles. The fourth-order valence-electron chi connectivity index (χ4n) is 2.25. The molecule has 1 amide bonds. The number of carbonyl (C=O) groups is 1. The number of pyridine rings is 1. The van der Waals surface area contributed by atoms with Crippen LogP contribution >= 0.6 is 11.8 Å². The number of thioether (sulfide) groups is 1. The van der Waals surface area contributed by atoms with Crippen molar-refractivity contribution in [1.82, 2.24) is 10.3 Å². The minimum atomic E-state index is -1.19. The van der Waals surface area contributed by atoms with E-state index in [1.165, 1.54) is 18.0 Å². The maximum Gasteiger partial charge on any atom is 0.252 e. The predicted molar refractivity (Wildman–Crippen MR) is 86.1 cm³/mol. The third kappa shape index (κ3) is 3.69. The molecule has 0 spiro atoms. The summed E-state index contributed by atoms with van der Waals surface area (Å²) in [6, 6.07) is 5.30. The largest absolute Gasteiger partial charge is 0.466 e. The highest BCUT2D eigenvalue weighted by Crippen LogP contribution is 2.26. The van der Waals surface area contributed by atoms with E-state index < -0.39 is 5.60 Å². The van der Waals surface area contributed by atoms with Gasteiger partial charge in [-0.2, -0.15) is 0 Å². The van der Waals surface area contributed by atoms with Gasteiger partial charge >= 0.3 is 0 Å². The first kappa shape index (κ1) is 16.6. The molecule has 1 unspecified atom stereocenters. The lowest BCUT2D eigenvalue weighted by Gasteiger charge is -2.23. The van der Waals surface area contributed by atoms with E-state index in [0.717, 1.165) is 10.8 Å². The molecule has 0 aliphatic rings. The Balaban J connectivity index is 2.04. The van der Waals surface area contributed by atoms with Crippen LogP contribution in [0.2, 0.25) is 0 Å². The van der Waals surface area contributed by atoms with Crippen molar-refractivity contribution in [2.24, 2.45) is 0 Å². The second kappa shape index (κ2) is 6.54. The molecule has 22 heavy (non-hydrogen) atoms. The van der Waals surface area contributed by atoms with Crippen LogP contribution in [0.1, 0.15) is 34.4 Å². The van der Waals surface area contributed by atoms with E-state index in [4.69, 9.17) is 4.42 Å². The van der Waals surface area contributed by atoms with Gasteiger partial charge in [0.1, 0.15) is 17.1 Å². The van der Waals surface area contributed by atoms with E-state index in [1.807, 2.05) is 13.2 Å². The smallest absolute Gasteiger partial charge is 0.252 e. The van der Waals surface area contributed by atoms with Gasteiger partial charge in [0.05, 0.1) is 17.1 Å². The van der Waals surface area contributed by atoms with Crippen molar-refractivity contribution >= 4 is 17.7 Å². The first-order chi connectivity index (χ1) is 10.3. The number of aliphatic hydroxyl groups is 1. The van der Waals surface area contributed by atoms with Gasteiger partial charge in [-0.1, -0.05) is 0 Å². The summed E-state index contributed by atoms with van der Waals surface area (Å²) in [5.41, 5.74) is -0.0423. The maximum atomic E-state index is 12.1. The number of aryl methyl sites for hydroxylation is 2. The molecule has 0 fully saturated rings. The Morgan fingerprint density at radius 3 is 2.68 bits per heavy atom. The monoisotopic (exact) mass is 320 g/mol. The summed E-state index contributed by atoms with van der Waals surface area (Å²) in [5.74, 6) is 1.12. The van der Waals surface area contributed by atoms with E-state index in [-0.39, 0.29) is 12.5 Å². The SMILES string of the molecule is CSc1ccc(C(=O)NCC(C)(O)c2cc(C)oc2C)cn1. The molecule has 0 aliphatic heterocycles. The van der Waals surface area contributed by atoms with E-state index in [9.17, 15) is 9.90 Å². The fourth-order valence-corrected chi connectivity index (χ4v) is 2.61. The van der Waals surface area contributed by atoms with Gasteiger partial charge < -0.3 is 14.8 Å². The van der Waals surface area contributed by atoms with Crippen LogP contribution in [0.15, 0.2) is 33.8 Å². The number of amides is 1. The number of rotatable bonds is 5. The minimum absolute atomic E-state index is 0.0932. The molecule has 2 heterocycles. The molecule has 0 saturated carbocycles. The van der Waals surface area contributed by atoms with Gasteiger partial charge in [0.2, 0.25) is 0 Å². The molecule has 5 nitrogen and oxygen atoms in total.